The highest BCUT2D eigenvalue weighted by atomic mass is 16.5. The van der Waals surface area contributed by atoms with Gasteiger partial charge in [-0.15, -0.1) is 0 Å². The van der Waals surface area contributed by atoms with Crippen molar-refractivity contribution in [2.24, 2.45) is 0 Å². The van der Waals surface area contributed by atoms with Crippen LogP contribution < -0.4 is 16.0 Å². The van der Waals surface area contributed by atoms with Crippen molar-refractivity contribution in [3.05, 3.63) is 71.3 Å². The number of hydrogen-bond donors (Lipinski definition) is 2. The maximum absolute atomic E-state index is 12.8. The molecule has 0 spiro atoms. The van der Waals surface area contributed by atoms with E-state index in [0.717, 1.165) is 24.0 Å². The predicted molar refractivity (Wildman–Crippen MR) is 129 cm³/mol. The minimum atomic E-state index is -0.381. The first-order valence-corrected chi connectivity index (χ1v) is 11.2. The van der Waals surface area contributed by atoms with E-state index in [1.54, 1.807) is 28.0 Å². The molecule has 178 valence electrons. The molecular weight excluding hydrogens is 448 g/mol. The largest absolute Gasteiger partial charge is 0.459 e. The van der Waals surface area contributed by atoms with E-state index in [0.29, 0.717) is 42.3 Å². The van der Waals surface area contributed by atoms with E-state index in [9.17, 15) is 9.59 Å². The number of nitrogens with one attached hydrogen (secondary N) is 1. The zero-order valence-corrected chi connectivity index (χ0v) is 18.9. The Hall–Kier alpha value is -4.54. The quantitative estimate of drug-likeness (QED) is 0.406. The lowest BCUT2D eigenvalue weighted by molar-refractivity contribution is -0.127. The number of hydrogen-bond acceptors (Lipinski definition) is 8. The van der Waals surface area contributed by atoms with Crippen molar-refractivity contribution in [3.8, 4) is 17.3 Å². The monoisotopic (exact) mass is 472 g/mol. The zero-order chi connectivity index (χ0) is 24.4. The first-order chi connectivity index (χ1) is 17.0. The highest BCUT2D eigenvalue weighted by molar-refractivity contribution is 5.99. The third kappa shape index (κ3) is 4.35. The molecule has 11 nitrogen and oxygen atoms in total. The summed E-state index contributed by atoms with van der Waals surface area (Å²) in [6.45, 7) is 4.96. The average molecular weight is 473 g/mol. The molecule has 1 aliphatic rings. The Labute approximate surface area is 200 Å². The Morgan fingerprint density at radius 1 is 1.26 bits per heavy atom. The highest BCUT2D eigenvalue weighted by Crippen LogP contribution is 2.33. The molecule has 1 atom stereocenters. The lowest BCUT2D eigenvalue weighted by Crippen LogP contribution is -2.40. The summed E-state index contributed by atoms with van der Waals surface area (Å²) >= 11 is 0. The number of nitrogen functional groups attached to an aromatic ring is 1. The molecule has 11 heteroatoms. The van der Waals surface area contributed by atoms with Crippen molar-refractivity contribution in [1.82, 2.24) is 34.8 Å². The summed E-state index contributed by atoms with van der Waals surface area (Å²) in [7, 11) is 0. The molecule has 3 N–H and O–H groups in total. The van der Waals surface area contributed by atoms with Crippen LogP contribution >= 0.6 is 0 Å². The highest BCUT2D eigenvalue weighted by Gasteiger charge is 2.28. The maximum Gasteiger partial charge on any atom is 0.316 e. The van der Waals surface area contributed by atoms with E-state index < -0.39 is 0 Å². The van der Waals surface area contributed by atoms with Crippen LogP contribution in [0.25, 0.3) is 22.2 Å². The first-order valence-electron chi connectivity index (χ1n) is 11.2. The fourth-order valence-corrected chi connectivity index (χ4v) is 4.33. The van der Waals surface area contributed by atoms with Crippen molar-refractivity contribution in [2.45, 2.75) is 25.5 Å². The number of nitrogens with two attached hydrogens (primary N) is 1. The van der Waals surface area contributed by atoms with Crippen molar-refractivity contribution in [3.63, 3.8) is 0 Å². The molecule has 1 aliphatic heterocycles. The molecule has 0 aliphatic carbocycles. The van der Waals surface area contributed by atoms with E-state index in [1.165, 1.54) is 6.08 Å². The number of anilines is 1. The van der Waals surface area contributed by atoms with Crippen molar-refractivity contribution < 1.29 is 9.53 Å². The number of carbonyl (C=O) groups excluding carboxylic acids is 1. The number of aromatic nitrogens is 6. The molecule has 35 heavy (non-hydrogen) atoms. The molecule has 0 unspecified atom stereocenters. The number of nitrogens with zero attached hydrogens (tertiary/aromatic N) is 6. The van der Waals surface area contributed by atoms with Crippen LogP contribution in [0.1, 0.15) is 24.4 Å². The van der Waals surface area contributed by atoms with Crippen LogP contribution in [-0.2, 0) is 11.4 Å². The van der Waals surface area contributed by atoms with Crippen LogP contribution in [0.3, 0.4) is 0 Å². The minimum Gasteiger partial charge on any atom is -0.459 e. The summed E-state index contributed by atoms with van der Waals surface area (Å²) in [5.74, 6) is 0.0458. The second-order valence-electron chi connectivity index (χ2n) is 8.26. The van der Waals surface area contributed by atoms with Crippen LogP contribution in [0, 0.1) is 0 Å². The molecule has 0 saturated carbocycles. The Bertz CT molecular complexity index is 1430. The van der Waals surface area contributed by atoms with Crippen molar-refractivity contribution >= 4 is 22.6 Å². The number of benzene rings is 1. The zero-order valence-electron chi connectivity index (χ0n) is 18.9. The van der Waals surface area contributed by atoms with E-state index in [2.05, 4.69) is 26.7 Å². The van der Waals surface area contributed by atoms with Gasteiger partial charge in [-0.1, -0.05) is 30.8 Å². The van der Waals surface area contributed by atoms with Crippen LogP contribution in [0.2, 0.25) is 0 Å². The predicted octanol–water partition coefficient (Wildman–Crippen LogP) is 2.09. The van der Waals surface area contributed by atoms with Crippen LogP contribution in [0.4, 0.5) is 5.82 Å². The number of piperidine rings is 1. The Kier molecular flexibility index (Phi) is 5.96. The molecule has 1 amide bonds. The normalized spacial score (nSPS) is 15.8. The van der Waals surface area contributed by atoms with E-state index in [4.69, 9.17) is 15.6 Å². The molecule has 0 radical (unpaired) electrons. The fourth-order valence-electron chi connectivity index (χ4n) is 4.33. The van der Waals surface area contributed by atoms with Gasteiger partial charge in [0.05, 0.1) is 11.4 Å². The molecular formula is C24H24N8O3. The van der Waals surface area contributed by atoms with Crippen LogP contribution in [-0.4, -0.2) is 53.8 Å². The van der Waals surface area contributed by atoms with Gasteiger partial charge >= 0.3 is 6.01 Å². The van der Waals surface area contributed by atoms with Gasteiger partial charge in [-0.3, -0.25) is 14.3 Å². The van der Waals surface area contributed by atoms with Gasteiger partial charge < -0.3 is 15.4 Å². The smallest absolute Gasteiger partial charge is 0.316 e. The second-order valence-corrected chi connectivity index (χ2v) is 8.26. The molecule has 3 aromatic heterocycles. The second kappa shape index (κ2) is 9.37. The number of amides is 1. The van der Waals surface area contributed by atoms with Gasteiger partial charge in [-0.2, -0.15) is 10.2 Å². The Morgan fingerprint density at radius 2 is 2.03 bits per heavy atom. The van der Waals surface area contributed by atoms with Gasteiger partial charge in [-0.25, -0.2) is 15.1 Å². The summed E-state index contributed by atoms with van der Waals surface area (Å²) in [5.41, 5.74) is 8.42. The SMILES string of the molecule is C=CC(=O)N1CCC[C@@H](n2nc(-c3ccc(COc4ncccn4)cc3)c3c(N)n[nH]c(=O)c32)C1. The van der Waals surface area contributed by atoms with Gasteiger partial charge in [0.15, 0.2) is 5.82 Å². The van der Waals surface area contributed by atoms with Crippen molar-refractivity contribution in [2.75, 3.05) is 18.8 Å². The number of rotatable bonds is 6. The van der Waals surface area contributed by atoms with E-state index >= 15 is 0 Å². The van der Waals surface area contributed by atoms with E-state index in [1.807, 2.05) is 24.3 Å². The molecule has 5 rings (SSSR count). The standard InChI is InChI=1S/C24H24N8O3/c1-2-18(33)31-12-3-5-17(13-31)32-21-19(22(25)28-29-23(21)34)20(30-32)16-8-6-15(7-9-16)14-35-24-26-10-4-11-27-24/h2,4,6-11,17H,1,3,5,12-14H2,(H2,25,28)(H,29,34)/t17-/m1/s1. The fraction of sp³-hybridized carbons (Fsp3) is 0.250. The third-order valence-electron chi connectivity index (χ3n) is 6.03. The number of H-pyrrole nitrogens is 1. The first kappa shape index (κ1) is 22.3. The summed E-state index contributed by atoms with van der Waals surface area (Å²) in [4.78, 5) is 34.8. The number of carbonyl (C=O) groups is 1. The molecule has 1 aromatic carbocycles. The van der Waals surface area contributed by atoms with Gasteiger partial charge in [0.1, 0.15) is 17.8 Å². The molecule has 0 bridgehead atoms. The van der Waals surface area contributed by atoms with Gasteiger partial charge in [0, 0.05) is 31.0 Å². The lowest BCUT2D eigenvalue weighted by Gasteiger charge is -2.32. The number of aromatic amines is 1. The number of likely N-dealkylation sites (tertiary alicyclic amines) is 1. The average Bonchev–Trinajstić information content (AvgIpc) is 3.32. The third-order valence-corrected chi connectivity index (χ3v) is 6.03. The van der Waals surface area contributed by atoms with Crippen LogP contribution in [0.5, 0.6) is 6.01 Å². The Morgan fingerprint density at radius 3 is 2.77 bits per heavy atom. The Balaban J connectivity index is 1.49. The molecule has 4 heterocycles. The van der Waals surface area contributed by atoms with E-state index in [-0.39, 0.29) is 23.3 Å². The van der Waals surface area contributed by atoms with Gasteiger partial charge in [-0.05, 0) is 30.5 Å². The molecule has 1 fully saturated rings. The topological polar surface area (TPSA) is 145 Å². The van der Waals surface area contributed by atoms with Gasteiger partial charge in [0.2, 0.25) is 5.91 Å². The summed E-state index contributed by atoms with van der Waals surface area (Å²) in [5, 5.41) is 11.7. The van der Waals surface area contributed by atoms with Gasteiger partial charge in [0.25, 0.3) is 5.56 Å². The molecule has 1 saturated heterocycles. The minimum absolute atomic E-state index is 0.139. The van der Waals surface area contributed by atoms with Crippen LogP contribution in [0.15, 0.2) is 60.2 Å². The summed E-state index contributed by atoms with van der Waals surface area (Å²) < 4.78 is 7.30. The lowest BCUT2D eigenvalue weighted by atomic mass is 10.1. The van der Waals surface area contributed by atoms with Crippen molar-refractivity contribution in [1.29, 1.82) is 0 Å². The molecule has 4 aromatic rings. The number of ether oxygens (including phenoxy) is 1. The maximum atomic E-state index is 12.8. The summed E-state index contributed by atoms with van der Waals surface area (Å²) in [6, 6.07) is 9.45. The summed E-state index contributed by atoms with van der Waals surface area (Å²) in [6.07, 6.45) is 6.10. The number of fused-ring (bicyclic) bond motifs is 1.